The van der Waals surface area contributed by atoms with Crippen LogP contribution in [0.25, 0.3) is 6.08 Å². The second-order valence-electron chi connectivity index (χ2n) is 4.85. The van der Waals surface area contributed by atoms with Crippen LogP contribution in [0.4, 0.5) is 0 Å². The highest BCUT2D eigenvalue weighted by Crippen LogP contribution is 2.33. The molecule has 0 radical (unpaired) electrons. The highest BCUT2D eigenvalue weighted by molar-refractivity contribution is 8.26. The molecule has 1 heterocycles. The fourth-order valence-electron chi connectivity index (χ4n) is 2.02. The summed E-state index contributed by atoms with van der Waals surface area (Å²) in [6.07, 6.45) is 3.30. The van der Waals surface area contributed by atoms with Crippen LogP contribution < -0.4 is 0 Å². The molecule has 3 nitrogen and oxygen atoms in total. The zero-order valence-corrected chi connectivity index (χ0v) is 15.3. The lowest BCUT2D eigenvalue weighted by molar-refractivity contribution is -0.122. The second-order valence-corrected chi connectivity index (χ2v) is 7.40. The Hall–Kier alpha value is -1.66. The minimum atomic E-state index is -0.261. The van der Waals surface area contributed by atoms with Crippen molar-refractivity contribution in [3.63, 3.8) is 0 Å². The number of thiocarbonyl (C=S) groups is 1. The molecule has 1 saturated heterocycles. The molecule has 120 valence electrons. The zero-order valence-electron chi connectivity index (χ0n) is 12.1. The predicted octanol–water partition coefficient (Wildman–Crippen LogP) is 5.23. The smallest absolute Gasteiger partial charge is 0.266 e. The van der Waals surface area contributed by atoms with Gasteiger partial charge in [-0.05, 0) is 53.7 Å². The molecule has 7 heteroatoms. The third-order valence-corrected chi connectivity index (χ3v) is 4.84. The van der Waals surface area contributed by atoms with Crippen LogP contribution >= 0.6 is 47.2 Å². The Balaban J connectivity index is 1.81. The Morgan fingerprint density at radius 3 is 2.33 bits per heavy atom. The molecule has 0 spiro atoms. The molecular formula is C17H10Cl2N2OS2. The van der Waals surface area contributed by atoms with Gasteiger partial charge in [0.1, 0.15) is 0 Å². The number of carbonyl (C=O) groups is 1. The topological polar surface area (TPSA) is 32.7 Å². The van der Waals surface area contributed by atoms with Gasteiger partial charge in [0.05, 0.1) is 11.1 Å². The average Bonchev–Trinajstić information content (AvgIpc) is 2.79. The third kappa shape index (κ3) is 4.05. The fourth-order valence-corrected chi connectivity index (χ4v) is 3.59. The van der Waals surface area contributed by atoms with Crippen molar-refractivity contribution in [2.45, 2.75) is 0 Å². The van der Waals surface area contributed by atoms with E-state index >= 15 is 0 Å². The van der Waals surface area contributed by atoms with Crippen LogP contribution in [0.15, 0.2) is 58.5 Å². The van der Waals surface area contributed by atoms with Crippen LogP contribution in [0.5, 0.6) is 0 Å². The summed E-state index contributed by atoms with van der Waals surface area (Å²) in [6, 6.07) is 14.4. The number of amides is 1. The predicted molar refractivity (Wildman–Crippen MR) is 106 cm³/mol. The standard InChI is InChI=1S/C17H10Cl2N2OS2/c18-13-5-1-3-11(7-13)9-15-16(22)21(17(23)24-15)20-10-12-4-2-6-14(19)8-12/h1-10H/b15-9-,20-10+. The summed E-state index contributed by atoms with van der Waals surface area (Å²) >= 11 is 18.3. The summed E-state index contributed by atoms with van der Waals surface area (Å²) in [4.78, 5) is 13.0. The van der Waals surface area contributed by atoms with Crippen molar-refractivity contribution in [2.75, 3.05) is 0 Å². The minimum Gasteiger partial charge on any atom is -0.266 e. The summed E-state index contributed by atoms with van der Waals surface area (Å²) in [6.45, 7) is 0. The van der Waals surface area contributed by atoms with Gasteiger partial charge in [0.2, 0.25) is 0 Å². The molecule has 2 aromatic rings. The Morgan fingerprint density at radius 1 is 1.04 bits per heavy atom. The van der Waals surface area contributed by atoms with Gasteiger partial charge in [-0.25, -0.2) is 0 Å². The van der Waals surface area contributed by atoms with E-state index in [-0.39, 0.29) is 5.91 Å². The molecule has 0 N–H and O–H groups in total. The van der Waals surface area contributed by atoms with Crippen LogP contribution in [0.1, 0.15) is 11.1 Å². The quantitative estimate of drug-likeness (QED) is 0.407. The first-order valence-corrected chi connectivity index (χ1v) is 8.84. The van der Waals surface area contributed by atoms with Crippen LogP contribution in [0.3, 0.4) is 0 Å². The number of benzene rings is 2. The molecule has 2 aromatic carbocycles. The van der Waals surface area contributed by atoms with Crippen molar-refractivity contribution in [2.24, 2.45) is 5.10 Å². The van der Waals surface area contributed by atoms with E-state index in [1.54, 1.807) is 36.6 Å². The van der Waals surface area contributed by atoms with Gasteiger partial charge in [-0.15, -0.1) is 0 Å². The molecule has 0 saturated carbocycles. The number of nitrogens with zero attached hydrogens (tertiary/aromatic N) is 2. The number of hydrogen-bond acceptors (Lipinski definition) is 4. The van der Waals surface area contributed by atoms with E-state index < -0.39 is 0 Å². The SMILES string of the molecule is O=C1/C(=C/c2cccc(Cl)c2)SC(=S)N1/N=C/c1cccc(Cl)c1. The number of rotatable bonds is 3. The van der Waals surface area contributed by atoms with E-state index in [0.29, 0.717) is 19.3 Å². The maximum absolute atomic E-state index is 12.5. The molecule has 0 bridgehead atoms. The first kappa shape index (κ1) is 17.2. The number of hydrazone groups is 1. The van der Waals surface area contributed by atoms with E-state index in [1.165, 1.54) is 16.8 Å². The number of thioether (sulfide) groups is 1. The lowest BCUT2D eigenvalue weighted by atomic mass is 10.2. The molecule has 0 aliphatic carbocycles. The molecule has 1 amide bonds. The average molecular weight is 393 g/mol. The molecular weight excluding hydrogens is 383 g/mol. The van der Waals surface area contributed by atoms with E-state index in [9.17, 15) is 4.79 Å². The largest absolute Gasteiger partial charge is 0.286 e. The minimum absolute atomic E-state index is 0.261. The summed E-state index contributed by atoms with van der Waals surface area (Å²) in [7, 11) is 0. The van der Waals surface area contributed by atoms with Crippen LogP contribution in [0.2, 0.25) is 10.0 Å². The van der Waals surface area contributed by atoms with Crippen LogP contribution in [-0.4, -0.2) is 21.5 Å². The highest BCUT2D eigenvalue weighted by atomic mass is 35.5. The molecule has 24 heavy (non-hydrogen) atoms. The Kier molecular flexibility index (Phi) is 5.36. The van der Waals surface area contributed by atoms with Gasteiger partial charge in [-0.1, -0.05) is 59.2 Å². The normalized spacial score (nSPS) is 16.6. The first-order valence-electron chi connectivity index (χ1n) is 6.86. The highest BCUT2D eigenvalue weighted by Gasteiger charge is 2.32. The van der Waals surface area contributed by atoms with Gasteiger partial charge >= 0.3 is 0 Å². The monoisotopic (exact) mass is 392 g/mol. The van der Waals surface area contributed by atoms with E-state index in [4.69, 9.17) is 35.4 Å². The van der Waals surface area contributed by atoms with Gasteiger partial charge in [-0.2, -0.15) is 10.1 Å². The Bertz CT molecular complexity index is 880. The Morgan fingerprint density at radius 2 is 1.67 bits per heavy atom. The van der Waals surface area contributed by atoms with Crippen molar-refractivity contribution >= 4 is 69.7 Å². The lowest BCUT2D eigenvalue weighted by Gasteiger charge is -2.06. The van der Waals surface area contributed by atoms with Crippen molar-refractivity contribution in [3.8, 4) is 0 Å². The Labute approximate surface area is 158 Å². The van der Waals surface area contributed by atoms with Crippen LogP contribution in [-0.2, 0) is 4.79 Å². The van der Waals surface area contributed by atoms with E-state index in [1.807, 2.05) is 24.3 Å². The summed E-state index contributed by atoms with van der Waals surface area (Å²) in [5.41, 5.74) is 1.62. The van der Waals surface area contributed by atoms with Crippen molar-refractivity contribution in [3.05, 3.63) is 74.6 Å². The maximum Gasteiger partial charge on any atom is 0.286 e. The molecule has 0 aromatic heterocycles. The first-order chi connectivity index (χ1) is 11.5. The van der Waals surface area contributed by atoms with Gasteiger partial charge in [0.15, 0.2) is 4.32 Å². The van der Waals surface area contributed by atoms with Crippen molar-refractivity contribution in [1.82, 2.24) is 5.01 Å². The molecule has 0 unspecified atom stereocenters. The van der Waals surface area contributed by atoms with Crippen molar-refractivity contribution in [1.29, 1.82) is 0 Å². The van der Waals surface area contributed by atoms with Crippen molar-refractivity contribution < 1.29 is 4.79 Å². The van der Waals surface area contributed by atoms with Gasteiger partial charge < -0.3 is 0 Å². The second kappa shape index (κ2) is 7.49. The molecule has 3 rings (SSSR count). The molecule has 1 fully saturated rings. The van der Waals surface area contributed by atoms with Gasteiger partial charge in [0.25, 0.3) is 5.91 Å². The molecule has 0 atom stereocenters. The lowest BCUT2D eigenvalue weighted by Crippen LogP contribution is -2.22. The summed E-state index contributed by atoms with van der Waals surface area (Å²) in [5, 5.41) is 6.59. The molecule has 1 aliphatic heterocycles. The fraction of sp³-hybridized carbons (Fsp3) is 0. The summed E-state index contributed by atoms with van der Waals surface area (Å²) < 4.78 is 0.381. The zero-order chi connectivity index (χ0) is 17.1. The molecule has 1 aliphatic rings. The van der Waals surface area contributed by atoms with Gasteiger partial charge in [0, 0.05) is 10.0 Å². The number of halogens is 2. The maximum atomic E-state index is 12.5. The number of hydrogen-bond donors (Lipinski definition) is 0. The third-order valence-electron chi connectivity index (χ3n) is 3.09. The van der Waals surface area contributed by atoms with E-state index in [2.05, 4.69) is 5.10 Å². The van der Waals surface area contributed by atoms with E-state index in [0.717, 1.165) is 11.1 Å². The number of carbonyl (C=O) groups excluding carboxylic acids is 1. The van der Waals surface area contributed by atoms with Gasteiger partial charge in [-0.3, -0.25) is 4.79 Å². The van der Waals surface area contributed by atoms with Crippen LogP contribution in [0, 0.1) is 0 Å². The summed E-state index contributed by atoms with van der Waals surface area (Å²) in [5.74, 6) is -0.261.